The van der Waals surface area contributed by atoms with Gasteiger partial charge in [-0.05, 0) is 67.7 Å². The van der Waals surface area contributed by atoms with Crippen molar-refractivity contribution in [1.29, 1.82) is 0 Å². The molecule has 0 aliphatic heterocycles. The first-order valence-electron chi connectivity index (χ1n) is 8.38. The first kappa shape index (κ1) is 13.7. The molecule has 4 aliphatic rings. The molecule has 0 radical (unpaired) electrons. The van der Waals surface area contributed by atoms with Gasteiger partial charge in [0.25, 0.3) is 0 Å². The molecule has 2 atom stereocenters. The number of aromatic nitrogens is 2. The van der Waals surface area contributed by atoms with E-state index in [1.54, 1.807) is 0 Å². The second-order valence-corrected chi connectivity index (χ2v) is 8.94. The van der Waals surface area contributed by atoms with Crippen LogP contribution in [0.4, 0.5) is 0 Å². The average molecular weight is 289 g/mol. The van der Waals surface area contributed by atoms with Crippen LogP contribution < -0.4 is 5.32 Å². The summed E-state index contributed by atoms with van der Waals surface area (Å²) in [7, 11) is 1.91. The fourth-order valence-electron chi connectivity index (χ4n) is 6.79. The fraction of sp³-hybridized carbons (Fsp3) is 0.882. The van der Waals surface area contributed by atoms with Crippen molar-refractivity contribution < 1.29 is 4.52 Å². The van der Waals surface area contributed by atoms with E-state index in [0.717, 1.165) is 24.1 Å². The van der Waals surface area contributed by atoms with E-state index in [4.69, 9.17) is 4.52 Å². The number of hydrogen-bond donors (Lipinski definition) is 1. The maximum absolute atomic E-state index is 5.52. The molecule has 4 aliphatic carbocycles. The Bertz CT molecular complexity index is 534. The molecule has 4 heteroatoms. The Morgan fingerprint density at radius 2 is 1.86 bits per heavy atom. The molecule has 4 fully saturated rings. The molecule has 4 bridgehead atoms. The molecule has 21 heavy (non-hydrogen) atoms. The van der Waals surface area contributed by atoms with Gasteiger partial charge in [-0.25, -0.2) is 0 Å². The van der Waals surface area contributed by atoms with Crippen LogP contribution in [0.1, 0.15) is 64.1 Å². The number of hydrogen-bond acceptors (Lipinski definition) is 4. The van der Waals surface area contributed by atoms with Gasteiger partial charge in [-0.1, -0.05) is 19.0 Å². The van der Waals surface area contributed by atoms with Crippen molar-refractivity contribution in [2.45, 2.75) is 65.3 Å². The maximum atomic E-state index is 5.52. The van der Waals surface area contributed by atoms with E-state index in [1.807, 2.05) is 7.05 Å². The largest absolute Gasteiger partial charge is 0.339 e. The van der Waals surface area contributed by atoms with E-state index in [2.05, 4.69) is 29.3 Å². The third-order valence-electron chi connectivity index (χ3n) is 6.11. The van der Waals surface area contributed by atoms with E-state index >= 15 is 0 Å². The summed E-state index contributed by atoms with van der Waals surface area (Å²) in [5.74, 6) is 2.57. The van der Waals surface area contributed by atoms with Gasteiger partial charge in [0.05, 0.1) is 6.54 Å². The molecule has 0 saturated heterocycles. The summed E-state index contributed by atoms with van der Waals surface area (Å²) in [5, 5.41) is 7.17. The minimum absolute atomic E-state index is 0.423. The highest BCUT2D eigenvalue weighted by atomic mass is 16.5. The van der Waals surface area contributed by atoms with Crippen LogP contribution in [0.5, 0.6) is 0 Å². The zero-order valence-electron chi connectivity index (χ0n) is 13.5. The van der Waals surface area contributed by atoms with Crippen LogP contribution in [0.15, 0.2) is 4.52 Å². The van der Waals surface area contributed by atoms with Crippen LogP contribution in [0, 0.1) is 22.2 Å². The van der Waals surface area contributed by atoms with E-state index in [-0.39, 0.29) is 0 Å². The highest BCUT2D eigenvalue weighted by Crippen LogP contribution is 2.70. The van der Waals surface area contributed by atoms with Gasteiger partial charge in [0.15, 0.2) is 5.82 Å². The van der Waals surface area contributed by atoms with Crippen LogP contribution in [0.25, 0.3) is 0 Å². The zero-order valence-corrected chi connectivity index (χ0v) is 13.5. The van der Waals surface area contributed by atoms with Crippen molar-refractivity contribution in [2.24, 2.45) is 22.2 Å². The predicted octanol–water partition coefficient (Wildman–Crippen LogP) is 3.33. The average Bonchev–Trinajstić information content (AvgIpc) is 2.71. The van der Waals surface area contributed by atoms with Gasteiger partial charge in [-0.2, -0.15) is 4.98 Å². The Morgan fingerprint density at radius 1 is 1.14 bits per heavy atom. The van der Waals surface area contributed by atoms with Gasteiger partial charge >= 0.3 is 0 Å². The lowest BCUT2D eigenvalue weighted by atomic mass is 9.40. The topological polar surface area (TPSA) is 51.0 Å². The number of rotatable bonds is 4. The van der Waals surface area contributed by atoms with Crippen molar-refractivity contribution in [1.82, 2.24) is 15.5 Å². The van der Waals surface area contributed by atoms with Crippen molar-refractivity contribution in [3.8, 4) is 0 Å². The molecule has 0 aromatic carbocycles. The lowest BCUT2D eigenvalue weighted by Crippen LogP contribution is -2.55. The van der Waals surface area contributed by atoms with Crippen LogP contribution in [0.2, 0.25) is 0 Å². The molecule has 1 aromatic rings. The van der Waals surface area contributed by atoms with Crippen molar-refractivity contribution >= 4 is 0 Å². The van der Waals surface area contributed by atoms with Crippen molar-refractivity contribution in [3.63, 3.8) is 0 Å². The van der Waals surface area contributed by atoms with E-state index in [1.165, 1.54) is 38.5 Å². The summed E-state index contributed by atoms with van der Waals surface area (Å²) in [4.78, 5) is 4.58. The van der Waals surface area contributed by atoms with E-state index < -0.39 is 0 Å². The maximum Gasteiger partial charge on any atom is 0.227 e. The normalized spacial score (nSPS) is 44.4. The molecule has 1 N–H and O–H groups in total. The monoisotopic (exact) mass is 289 g/mol. The Balaban J connectivity index is 1.59. The Morgan fingerprint density at radius 3 is 2.48 bits per heavy atom. The minimum Gasteiger partial charge on any atom is -0.339 e. The van der Waals surface area contributed by atoms with E-state index in [0.29, 0.717) is 22.8 Å². The quantitative estimate of drug-likeness (QED) is 0.923. The van der Waals surface area contributed by atoms with Gasteiger partial charge in [0.2, 0.25) is 5.89 Å². The zero-order chi connectivity index (χ0) is 14.7. The third kappa shape index (κ3) is 2.32. The minimum atomic E-state index is 0.423. The van der Waals surface area contributed by atoms with E-state index in [9.17, 15) is 0 Å². The second-order valence-electron chi connectivity index (χ2n) is 8.94. The predicted molar refractivity (Wildman–Crippen MR) is 80.6 cm³/mol. The molecule has 0 amide bonds. The van der Waals surface area contributed by atoms with Crippen molar-refractivity contribution in [2.75, 3.05) is 7.05 Å². The number of nitrogens with one attached hydrogen (secondary N) is 1. The molecule has 1 heterocycles. The molecule has 4 saturated carbocycles. The van der Waals surface area contributed by atoms with Crippen LogP contribution in [-0.4, -0.2) is 17.2 Å². The summed E-state index contributed by atoms with van der Waals surface area (Å²) < 4.78 is 5.52. The smallest absolute Gasteiger partial charge is 0.227 e. The summed E-state index contributed by atoms with van der Waals surface area (Å²) in [5.41, 5.74) is 1.54. The highest BCUT2D eigenvalue weighted by molar-refractivity contribution is 5.12. The third-order valence-corrected chi connectivity index (χ3v) is 6.11. The first-order chi connectivity index (χ1) is 9.92. The van der Waals surface area contributed by atoms with Crippen molar-refractivity contribution in [3.05, 3.63) is 11.7 Å². The first-order valence-corrected chi connectivity index (χ1v) is 8.38. The lowest BCUT2D eigenvalue weighted by Gasteiger charge is -2.65. The van der Waals surface area contributed by atoms with Crippen LogP contribution >= 0.6 is 0 Å². The Hall–Kier alpha value is -0.900. The molecule has 1 aromatic heterocycles. The summed E-state index contributed by atoms with van der Waals surface area (Å²) in [6, 6.07) is 0. The molecule has 0 spiro atoms. The summed E-state index contributed by atoms with van der Waals surface area (Å²) >= 11 is 0. The SMILES string of the molecule is CNCc1noc(CC23CC4CC(C)(CC(C)(C4)C2)C3)n1. The molecular formula is C17H27N3O. The molecular weight excluding hydrogens is 262 g/mol. The second kappa shape index (κ2) is 4.31. The Labute approximate surface area is 127 Å². The molecule has 4 nitrogen and oxygen atoms in total. The van der Waals surface area contributed by atoms with Gasteiger partial charge < -0.3 is 9.84 Å². The summed E-state index contributed by atoms with van der Waals surface area (Å²) in [6.07, 6.45) is 9.39. The van der Waals surface area contributed by atoms with Gasteiger partial charge in [-0.3, -0.25) is 0 Å². The summed E-state index contributed by atoms with van der Waals surface area (Å²) in [6.45, 7) is 5.73. The molecule has 2 unspecified atom stereocenters. The van der Waals surface area contributed by atoms with Crippen LogP contribution in [-0.2, 0) is 13.0 Å². The lowest BCUT2D eigenvalue weighted by molar-refractivity contribution is -0.146. The fourth-order valence-corrected chi connectivity index (χ4v) is 6.79. The highest BCUT2D eigenvalue weighted by Gasteiger charge is 2.60. The van der Waals surface area contributed by atoms with Gasteiger partial charge in [0.1, 0.15) is 0 Å². The molecule has 116 valence electrons. The van der Waals surface area contributed by atoms with Gasteiger partial charge in [0, 0.05) is 6.42 Å². The van der Waals surface area contributed by atoms with Gasteiger partial charge in [-0.15, -0.1) is 0 Å². The molecule has 5 rings (SSSR count). The Kier molecular flexibility index (Phi) is 2.82. The van der Waals surface area contributed by atoms with Crippen LogP contribution in [0.3, 0.4) is 0 Å². The standard InChI is InChI=1S/C17H27N3O/c1-15-4-12-5-16(2,9-15)11-17(6-12,10-15)7-14-19-13(8-18-3)20-21-14/h12,18H,4-11H2,1-3H3. The number of nitrogens with zero attached hydrogens (tertiary/aromatic N) is 2.